The van der Waals surface area contributed by atoms with E-state index in [1.165, 1.54) is 0 Å². The topological polar surface area (TPSA) is 94.0 Å². The van der Waals surface area contributed by atoms with Crippen molar-refractivity contribution in [2.75, 3.05) is 5.73 Å². The highest BCUT2D eigenvalue weighted by atomic mass is 79.9. The minimum atomic E-state index is -0.417. The third-order valence-electron chi connectivity index (χ3n) is 2.13. The minimum Gasteiger partial charge on any atom is -0.379 e. The molecule has 7 heteroatoms. The smallest absolute Gasteiger partial charge is 0.277 e. The highest BCUT2D eigenvalue weighted by Crippen LogP contribution is 2.15. The Hall–Kier alpha value is -1.89. The van der Waals surface area contributed by atoms with E-state index in [4.69, 9.17) is 5.73 Å². The predicted octanol–water partition coefficient (Wildman–Crippen LogP) is 1.34. The van der Waals surface area contributed by atoms with E-state index >= 15 is 0 Å². The van der Waals surface area contributed by atoms with Crippen LogP contribution >= 0.6 is 15.9 Å². The van der Waals surface area contributed by atoms with E-state index in [1.807, 2.05) is 24.3 Å². The largest absolute Gasteiger partial charge is 0.379 e. The van der Waals surface area contributed by atoms with E-state index in [0.717, 1.165) is 10.0 Å². The zero-order chi connectivity index (χ0) is 12.3. The number of hydrogen-bond donors (Lipinski definition) is 2. The fourth-order valence-corrected chi connectivity index (χ4v) is 1.68. The van der Waals surface area contributed by atoms with E-state index in [9.17, 15) is 4.79 Å². The molecule has 88 valence electrons. The first-order valence-electron chi connectivity index (χ1n) is 4.78. The SMILES string of the molecule is Nc1nonc1C(=O)NCc1ccccc1Br. The number of carbonyl (C=O) groups is 1. The second-order valence-electron chi connectivity index (χ2n) is 3.27. The van der Waals surface area contributed by atoms with E-state index in [2.05, 4.69) is 36.2 Å². The van der Waals surface area contributed by atoms with Crippen molar-refractivity contribution in [3.05, 3.63) is 40.0 Å². The number of nitrogens with one attached hydrogen (secondary N) is 1. The first kappa shape index (κ1) is 11.6. The number of nitrogens with zero attached hydrogens (tertiary/aromatic N) is 2. The predicted molar refractivity (Wildman–Crippen MR) is 64.0 cm³/mol. The monoisotopic (exact) mass is 296 g/mol. The highest BCUT2D eigenvalue weighted by molar-refractivity contribution is 9.10. The number of carbonyl (C=O) groups excluding carboxylic acids is 1. The first-order chi connectivity index (χ1) is 8.18. The molecule has 0 saturated carbocycles. The summed E-state index contributed by atoms with van der Waals surface area (Å²) >= 11 is 3.39. The maximum atomic E-state index is 11.6. The van der Waals surface area contributed by atoms with Crippen molar-refractivity contribution in [3.63, 3.8) is 0 Å². The van der Waals surface area contributed by atoms with Crippen molar-refractivity contribution in [1.29, 1.82) is 0 Å². The molecule has 2 rings (SSSR count). The fraction of sp³-hybridized carbons (Fsp3) is 0.100. The Labute approximate surface area is 105 Å². The van der Waals surface area contributed by atoms with Crippen LogP contribution in [0.4, 0.5) is 5.82 Å². The van der Waals surface area contributed by atoms with Gasteiger partial charge in [0.05, 0.1) is 0 Å². The van der Waals surface area contributed by atoms with E-state index in [0.29, 0.717) is 6.54 Å². The van der Waals surface area contributed by atoms with E-state index in [1.54, 1.807) is 0 Å². The molecule has 0 aliphatic carbocycles. The molecular formula is C10H9BrN4O2. The zero-order valence-corrected chi connectivity index (χ0v) is 10.3. The third-order valence-corrected chi connectivity index (χ3v) is 2.90. The van der Waals surface area contributed by atoms with Gasteiger partial charge in [0.1, 0.15) is 0 Å². The number of amides is 1. The van der Waals surface area contributed by atoms with Gasteiger partial charge in [-0.05, 0) is 21.9 Å². The Bertz CT molecular complexity index is 541. The summed E-state index contributed by atoms with van der Waals surface area (Å²) in [7, 11) is 0. The Morgan fingerprint density at radius 1 is 1.41 bits per heavy atom. The molecule has 2 aromatic rings. The van der Waals surface area contributed by atoms with Gasteiger partial charge in [0, 0.05) is 11.0 Å². The molecule has 0 aliphatic rings. The lowest BCUT2D eigenvalue weighted by atomic mass is 10.2. The average molecular weight is 297 g/mol. The van der Waals surface area contributed by atoms with Gasteiger partial charge in [0.25, 0.3) is 5.91 Å². The Morgan fingerprint density at radius 3 is 2.82 bits per heavy atom. The number of nitrogens with two attached hydrogens (primary N) is 1. The van der Waals surface area contributed by atoms with Gasteiger partial charge in [-0.2, -0.15) is 0 Å². The van der Waals surface area contributed by atoms with Crippen LogP contribution in [0.3, 0.4) is 0 Å². The molecule has 1 aromatic heterocycles. The average Bonchev–Trinajstić information content (AvgIpc) is 2.74. The van der Waals surface area contributed by atoms with Crippen LogP contribution in [-0.2, 0) is 6.54 Å². The van der Waals surface area contributed by atoms with Gasteiger partial charge >= 0.3 is 0 Å². The summed E-state index contributed by atoms with van der Waals surface area (Å²) in [4.78, 5) is 11.6. The molecule has 17 heavy (non-hydrogen) atoms. The standard InChI is InChI=1S/C10H9BrN4O2/c11-7-4-2-1-3-6(7)5-13-10(16)8-9(12)15-17-14-8/h1-4H,5H2,(H2,12,15)(H,13,16). The van der Waals surface area contributed by atoms with Gasteiger partial charge in [-0.1, -0.05) is 34.1 Å². The van der Waals surface area contributed by atoms with Gasteiger partial charge in [-0.15, -0.1) is 0 Å². The molecule has 0 fully saturated rings. The van der Waals surface area contributed by atoms with Crippen LogP contribution in [0.2, 0.25) is 0 Å². The van der Waals surface area contributed by atoms with E-state index in [-0.39, 0.29) is 11.5 Å². The Kier molecular flexibility index (Phi) is 3.38. The molecule has 0 radical (unpaired) electrons. The van der Waals surface area contributed by atoms with Crippen molar-refractivity contribution in [2.45, 2.75) is 6.54 Å². The molecule has 0 spiro atoms. The number of hydrogen-bond acceptors (Lipinski definition) is 5. The summed E-state index contributed by atoms with van der Waals surface area (Å²) in [6.07, 6.45) is 0. The Morgan fingerprint density at radius 2 is 2.18 bits per heavy atom. The maximum Gasteiger partial charge on any atom is 0.277 e. The van der Waals surface area contributed by atoms with Crippen molar-refractivity contribution in [1.82, 2.24) is 15.6 Å². The summed E-state index contributed by atoms with van der Waals surface area (Å²) in [5.41, 5.74) is 6.35. The number of anilines is 1. The second-order valence-corrected chi connectivity index (χ2v) is 4.13. The molecule has 0 aliphatic heterocycles. The molecule has 1 aromatic carbocycles. The third kappa shape index (κ3) is 2.62. The molecule has 0 atom stereocenters. The number of benzene rings is 1. The summed E-state index contributed by atoms with van der Waals surface area (Å²) < 4.78 is 5.27. The van der Waals surface area contributed by atoms with Gasteiger partial charge in [0.15, 0.2) is 0 Å². The molecule has 0 unspecified atom stereocenters. The van der Waals surface area contributed by atoms with Crippen LogP contribution in [0.1, 0.15) is 16.1 Å². The van der Waals surface area contributed by atoms with Gasteiger partial charge in [-0.25, -0.2) is 4.63 Å². The molecule has 3 N–H and O–H groups in total. The molecule has 0 bridgehead atoms. The van der Waals surface area contributed by atoms with Crippen molar-refractivity contribution >= 4 is 27.7 Å². The summed E-state index contributed by atoms with van der Waals surface area (Å²) in [6, 6.07) is 7.58. The van der Waals surface area contributed by atoms with Crippen molar-refractivity contribution < 1.29 is 9.42 Å². The van der Waals surface area contributed by atoms with Gasteiger partial charge in [-0.3, -0.25) is 4.79 Å². The fourth-order valence-electron chi connectivity index (χ4n) is 1.25. The van der Waals surface area contributed by atoms with Crippen LogP contribution < -0.4 is 11.1 Å². The lowest BCUT2D eigenvalue weighted by Gasteiger charge is -2.05. The zero-order valence-electron chi connectivity index (χ0n) is 8.68. The lowest BCUT2D eigenvalue weighted by molar-refractivity contribution is 0.0941. The molecule has 0 saturated heterocycles. The Balaban J connectivity index is 2.02. The van der Waals surface area contributed by atoms with Crippen LogP contribution in [0.15, 0.2) is 33.4 Å². The first-order valence-corrected chi connectivity index (χ1v) is 5.57. The van der Waals surface area contributed by atoms with Gasteiger partial charge < -0.3 is 11.1 Å². The highest BCUT2D eigenvalue weighted by Gasteiger charge is 2.15. The number of aromatic nitrogens is 2. The molecule has 6 nitrogen and oxygen atoms in total. The van der Waals surface area contributed by atoms with E-state index < -0.39 is 5.91 Å². The second kappa shape index (κ2) is 4.96. The summed E-state index contributed by atoms with van der Waals surface area (Å²) in [6.45, 7) is 0.368. The lowest BCUT2D eigenvalue weighted by Crippen LogP contribution is -2.24. The van der Waals surface area contributed by atoms with Crippen LogP contribution in [0.25, 0.3) is 0 Å². The summed E-state index contributed by atoms with van der Waals surface area (Å²) in [5, 5.41) is 9.42. The number of nitrogen functional groups attached to an aromatic ring is 1. The number of halogens is 1. The van der Waals surface area contributed by atoms with Crippen LogP contribution in [-0.4, -0.2) is 16.2 Å². The van der Waals surface area contributed by atoms with Crippen molar-refractivity contribution in [3.8, 4) is 0 Å². The maximum absolute atomic E-state index is 11.6. The van der Waals surface area contributed by atoms with Gasteiger partial charge in [0.2, 0.25) is 11.5 Å². The number of rotatable bonds is 3. The van der Waals surface area contributed by atoms with Crippen LogP contribution in [0.5, 0.6) is 0 Å². The van der Waals surface area contributed by atoms with Crippen LogP contribution in [0, 0.1) is 0 Å². The minimum absolute atomic E-state index is 0.00273. The normalized spacial score (nSPS) is 10.2. The molecular weight excluding hydrogens is 288 g/mol. The summed E-state index contributed by atoms with van der Waals surface area (Å²) in [5.74, 6) is -0.436. The molecule has 1 heterocycles. The quantitative estimate of drug-likeness (QED) is 0.891. The van der Waals surface area contributed by atoms with Crippen molar-refractivity contribution in [2.24, 2.45) is 0 Å². The molecule has 1 amide bonds.